The van der Waals surface area contributed by atoms with Crippen LogP contribution in [0.3, 0.4) is 0 Å². The van der Waals surface area contributed by atoms with Crippen molar-refractivity contribution in [3.8, 4) is 22.3 Å². The average molecular weight is 1060 g/mol. The number of aromatic nitrogens is 2. The third kappa shape index (κ3) is 8.43. The zero-order chi connectivity index (χ0) is 56.7. The minimum Gasteiger partial charge on any atom is -0.308 e. The molecule has 0 saturated heterocycles. The molecule has 0 atom stereocenters. The molecular formula is C78H92N2. The van der Waals surface area contributed by atoms with Gasteiger partial charge >= 0.3 is 0 Å². The number of hydrogen-bond acceptors (Lipinski definition) is 0. The Kier molecular flexibility index (Phi) is 11.9. The largest absolute Gasteiger partial charge is 0.308 e. The van der Waals surface area contributed by atoms with Gasteiger partial charge in [-0.2, -0.15) is 0 Å². The Morgan fingerprint density at radius 1 is 0.287 bits per heavy atom. The number of fused-ring (bicyclic) bond motifs is 14. The number of rotatable bonds is 4. The van der Waals surface area contributed by atoms with Crippen molar-refractivity contribution in [2.45, 2.75) is 233 Å². The van der Waals surface area contributed by atoms with Crippen molar-refractivity contribution in [1.82, 2.24) is 8.80 Å². The Morgan fingerprint density at radius 2 is 0.600 bits per heavy atom. The summed E-state index contributed by atoms with van der Waals surface area (Å²) in [6.07, 6.45) is 13.1. The van der Waals surface area contributed by atoms with Crippen LogP contribution in [0.15, 0.2) is 97.1 Å². The fourth-order valence-electron chi connectivity index (χ4n) is 15.1. The Balaban J connectivity index is 1.26. The lowest BCUT2D eigenvalue weighted by Gasteiger charge is -2.27. The number of hydrogen-bond donors (Lipinski definition) is 0. The minimum absolute atomic E-state index is 0.0126. The van der Waals surface area contributed by atoms with Gasteiger partial charge in [0, 0.05) is 43.1 Å². The number of benzene rings is 7. The molecule has 2 aliphatic carbocycles. The van der Waals surface area contributed by atoms with Crippen molar-refractivity contribution in [1.29, 1.82) is 0 Å². The summed E-state index contributed by atoms with van der Waals surface area (Å²) in [5, 5.41) is 11.4. The van der Waals surface area contributed by atoms with Gasteiger partial charge in [-0.15, -0.1) is 0 Å². The summed E-state index contributed by atoms with van der Waals surface area (Å²) in [4.78, 5) is 0. The molecule has 4 heterocycles. The first kappa shape index (κ1) is 53.5. The van der Waals surface area contributed by atoms with Crippen molar-refractivity contribution in [3.05, 3.63) is 142 Å². The zero-order valence-corrected chi connectivity index (χ0v) is 52.4. The van der Waals surface area contributed by atoms with E-state index in [2.05, 4.69) is 230 Å². The topological polar surface area (TPSA) is 8.82 Å². The van der Waals surface area contributed by atoms with Crippen molar-refractivity contribution >= 4 is 76.2 Å². The predicted octanol–water partition coefficient (Wildman–Crippen LogP) is 23.2. The third-order valence-electron chi connectivity index (χ3n) is 19.9. The Morgan fingerprint density at radius 3 is 0.900 bits per heavy atom. The quantitative estimate of drug-likeness (QED) is 0.166. The first-order chi connectivity index (χ1) is 37.5. The van der Waals surface area contributed by atoms with Crippen LogP contribution in [0, 0.1) is 0 Å². The Hall–Kier alpha value is -5.86. The SMILES string of the molecule is CC(C)(C)c1cc(-c2ccc3c4c5c6cc(C7CCCCC7)cc(C(C)(C)C)c6n6c7cc(-c8cc(C(C)(C)C)cc(C(C)(C)C)c8)ccc7c(c7c8cc(C9CCCCC9)cc(C(C)(C)C)c8n(c3c2)c47)c56)cc(C(C)(C)C)c1. The van der Waals surface area contributed by atoms with Crippen molar-refractivity contribution in [2.24, 2.45) is 0 Å². The highest BCUT2D eigenvalue weighted by molar-refractivity contribution is 6.45. The van der Waals surface area contributed by atoms with Crippen molar-refractivity contribution in [2.75, 3.05) is 0 Å². The summed E-state index contributed by atoms with van der Waals surface area (Å²) < 4.78 is 5.63. The van der Waals surface area contributed by atoms with E-state index in [1.807, 2.05) is 0 Å². The summed E-state index contributed by atoms with van der Waals surface area (Å²) in [6, 6.07) is 41.0. The molecule has 13 rings (SSSR count). The van der Waals surface area contributed by atoms with Gasteiger partial charge in [0.25, 0.3) is 0 Å². The lowest BCUT2D eigenvalue weighted by Crippen LogP contribution is -2.16. The maximum Gasteiger partial charge on any atom is 0.0634 e. The van der Waals surface area contributed by atoms with Crippen LogP contribution < -0.4 is 0 Å². The van der Waals surface area contributed by atoms with Crippen LogP contribution >= 0.6 is 0 Å². The first-order valence-corrected chi connectivity index (χ1v) is 31.3. The molecule has 0 unspecified atom stereocenters. The molecule has 2 saturated carbocycles. The van der Waals surface area contributed by atoms with Gasteiger partial charge in [-0.3, -0.25) is 0 Å². The second-order valence-electron chi connectivity index (χ2n) is 32.0. The van der Waals surface area contributed by atoms with Crippen LogP contribution in [0.4, 0.5) is 0 Å². The van der Waals surface area contributed by atoms with Gasteiger partial charge in [0.1, 0.15) is 0 Å². The van der Waals surface area contributed by atoms with E-state index in [1.54, 1.807) is 11.1 Å². The molecule has 0 aliphatic heterocycles. The van der Waals surface area contributed by atoms with Gasteiger partial charge < -0.3 is 8.80 Å². The summed E-state index contributed by atoms with van der Waals surface area (Å²) in [6.45, 7) is 43.3. The lowest BCUT2D eigenvalue weighted by molar-refractivity contribution is 0.443. The molecule has 0 amide bonds. The maximum atomic E-state index is 2.81. The molecule has 0 radical (unpaired) electrons. The van der Waals surface area contributed by atoms with E-state index in [-0.39, 0.29) is 32.5 Å². The highest BCUT2D eigenvalue weighted by Gasteiger charge is 2.35. The standard InChI is InChI=1S/C78H92N2/c1-73(2,3)53-33-49(34-54(43-53)74(4,5)6)47-29-31-57-63(41-47)79-69-59(37-51(39-61(69)77(13,14)15)45-25-21-19-22-26-45)68-66-58-32-30-48(50-35-55(75(7,8)9)44-56(36-50)76(10,11)12)42-64(58)80-70-60(67(72(66)80)65(57)71(68)79)38-52(40-62(70)78(16,17)18)46-27-23-20-24-28-46/h29-46H,19-28H2,1-18H3. The van der Waals surface area contributed by atoms with Gasteiger partial charge in [-0.25, -0.2) is 0 Å². The summed E-state index contributed by atoms with van der Waals surface area (Å²) in [7, 11) is 0. The van der Waals surface area contributed by atoms with Gasteiger partial charge in [-0.05, 0) is 161 Å². The normalized spacial score (nSPS) is 16.5. The van der Waals surface area contributed by atoms with E-state index in [4.69, 9.17) is 0 Å². The fraction of sp³-hybridized carbons (Fsp3) is 0.462. The highest BCUT2D eigenvalue weighted by Crippen LogP contribution is 2.56. The molecule has 4 aromatic heterocycles. The van der Waals surface area contributed by atoms with Crippen molar-refractivity contribution in [3.63, 3.8) is 0 Å². The third-order valence-corrected chi connectivity index (χ3v) is 19.9. The zero-order valence-electron chi connectivity index (χ0n) is 52.4. The van der Waals surface area contributed by atoms with Gasteiger partial charge in [0.05, 0.1) is 33.1 Å². The second-order valence-corrected chi connectivity index (χ2v) is 32.0. The van der Waals surface area contributed by atoms with E-state index in [1.165, 1.54) is 196 Å². The molecule has 0 spiro atoms. The van der Waals surface area contributed by atoms with Crippen LogP contribution in [0.25, 0.3) is 98.4 Å². The summed E-state index contributed by atoms with van der Waals surface area (Å²) in [5.41, 5.74) is 25.0. The Labute approximate surface area is 479 Å². The van der Waals surface area contributed by atoms with Crippen LogP contribution in [0.1, 0.15) is 245 Å². The van der Waals surface area contributed by atoms with Gasteiger partial charge in [0.15, 0.2) is 0 Å². The summed E-state index contributed by atoms with van der Waals surface area (Å²) >= 11 is 0. The monoisotopic (exact) mass is 1060 g/mol. The molecule has 414 valence electrons. The van der Waals surface area contributed by atoms with E-state index < -0.39 is 0 Å². The van der Waals surface area contributed by atoms with E-state index >= 15 is 0 Å². The molecule has 2 fully saturated rings. The lowest BCUT2D eigenvalue weighted by atomic mass is 9.78. The molecule has 0 N–H and O–H groups in total. The molecular weight excluding hydrogens is 965 g/mol. The smallest absolute Gasteiger partial charge is 0.0634 e. The fourth-order valence-corrected chi connectivity index (χ4v) is 15.1. The molecule has 7 aromatic carbocycles. The van der Waals surface area contributed by atoms with Crippen LogP contribution in [-0.4, -0.2) is 8.80 Å². The van der Waals surface area contributed by atoms with E-state index in [0.717, 1.165) is 0 Å². The number of nitrogens with zero attached hydrogens (tertiary/aromatic N) is 2. The van der Waals surface area contributed by atoms with Crippen LogP contribution in [-0.2, 0) is 32.5 Å². The highest BCUT2D eigenvalue weighted by atomic mass is 15.0. The molecule has 2 heteroatoms. The second kappa shape index (κ2) is 17.8. The predicted molar refractivity (Wildman–Crippen MR) is 350 cm³/mol. The molecule has 0 bridgehead atoms. The minimum atomic E-state index is -0.0987. The van der Waals surface area contributed by atoms with E-state index in [9.17, 15) is 0 Å². The Bertz CT molecular complexity index is 3930. The average Bonchev–Trinajstić information content (AvgIpc) is 3.55. The van der Waals surface area contributed by atoms with E-state index in [0.29, 0.717) is 11.8 Å². The first-order valence-electron chi connectivity index (χ1n) is 31.3. The summed E-state index contributed by atoms with van der Waals surface area (Å²) in [5.74, 6) is 1.16. The van der Waals surface area contributed by atoms with Gasteiger partial charge in [-0.1, -0.05) is 236 Å². The van der Waals surface area contributed by atoms with Crippen molar-refractivity contribution < 1.29 is 0 Å². The molecule has 80 heavy (non-hydrogen) atoms. The van der Waals surface area contributed by atoms with Crippen LogP contribution in [0.5, 0.6) is 0 Å². The molecule has 2 aliphatic rings. The maximum absolute atomic E-state index is 2.81. The molecule has 2 nitrogen and oxygen atoms in total. The van der Waals surface area contributed by atoms with Gasteiger partial charge in [0.2, 0.25) is 0 Å². The van der Waals surface area contributed by atoms with Crippen LogP contribution in [0.2, 0.25) is 0 Å². The molecule has 11 aromatic rings.